The van der Waals surface area contributed by atoms with Crippen molar-refractivity contribution in [1.82, 2.24) is 10.2 Å². The highest BCUT2D eigenvalue weighted by molar-refractivity contribution is 5.69. The van der Waals surface area contributed by atoms with E-state index >= 15 is 0 Å². The number of nitrogens with one attached hydrogen (secondary N) is 1. The highest BCUT2D eigenvalue weighted by Gasteiger charge is 2.23. The minimum Gasteiger partial charge on any atom is -0.367 e. The van der Waals surface area contributed by atoms with Crippen molar-refractivity contribution >= 4 is 23.0 Å². The molecular weight excluding hydrogens is 284 g/mol. The molecule has 0 aliphatic carbocycles. The van der Waals surface area contributed by atoms with Gasteiger partial charge in [-0.15, -0.1) is 10.2 Å². The summed E-state index contributed by atoms with van der Waals surface area (Å²) in [5, 5.41) is 22.2. The molecule has 3 rings (SSSR count). The third-order valence-electron chi connectivity index (χ3n) is 3.55. The topological polar surface area (TPSA) is 110 Å². The molecule has 8 nitrogen and oxygen atoms in total. The number of hydrogen-bond acceptors (Lipinski definition) is 7. The van der Waals surface area contributed by atoms with Gasteiger partial charge in [0.05, 0.1) is 4.92 Å². The summed E-state index contributed by atoms with van der Waals surface area (Å²) < 4.78 is 0. The summed E-state index contributed by atoms with van der Waals surface area (Å²) in [6.45, 7) is 1.91. The van der Waals surface area contributed by atoms with E-state index in [2.05, 4.69) is 15.5 Å². The van der Waals surface area contributed by atoms with Crippen LogP contribution < -0.4 is 16.0 Å². The SMILES string of the molecule is NCCNc1ccc(N2CCc3cc([N+](=O)[O-])ccc32)nn1. The molecule has 1 aliphatic rings. The predicted molar refractivity (Wildman–Crippen MR) is 83.4 cm³/mol. The summed E-state index contributed by atoms with van der Waals surface area (Å²) in [5.74, 6) is 1.41. The van der Waals surface area contributed by atoms with Crippen LogP contribution in [0, 0.1) is 10.1 Å². The molecular formula is C14H16N6O2. The van der Waals surface area contributed by atoms with E-state index in [1.54, 1.807) is 12.1 Å². The maximum absolute atomic E-state index is 10.8. The molecule has 0 bridgehead atoms. The third kappa shape index (κ3) is 2.68. The molecule has 0 fully saturated rings. The van der Waals surface area contributed by atoms with Crippen LogP contribution in [0.4, 0.5) is 23.0 Å². The van der Waals surface area contributed by atoms with Gasteiger partial charge in [0.15, 0.2) is 5.82 Å². The second-order valence-electron chi connectivity index (χ2n) is 4.96. The number of benzene rings is 1. The van der Waals surface area contributed by atoms with Gasteiger partial charge in [-0.3, -0.25) is 10.1 Å². The monoisotopic (exact) mass is 300 g/mol. The molecule has 0 saturated heterocycles. The van der Waals surface area contributed by atoms with Crippen molar-refractivity contribution in [2.45, 2.75) is 6.42 Å². The third-order valence-corrected chi connectivity index (χ3v) is 3.55. The first-order valence-electron chi connectivity index (χ1n) is 7.01. The number of nitro groups is 1. The van der Waals surface area contributed by atoms with E-state index in [9.17, 15) is 10.1 Å². The quantitative estimate of drug-likeness (QED) is 0.635. The van der Waals surface area contributed by atoms with Crippen LogP contribution in [-0.4, -0.2) is 34.8 Å². The van der Waals surface area contributed by atoms with Crippen molar-refractivity contribution in [2.24, 2.45) is 5.73 Å². The lowest BCUT2D eigenvalue weighted by molar-refractivity contribution is -0.384. The van der Waals surface area contributed by atoms with E-state index in [1.165, 1.54) is 6.07 Å². The molecule has 0 unspecified atom stereocenters. The zero-order valence-corrected chi connectivity index (χ0v) is 11.9. The lowest BCUT2D eigenvalue weighted by Gasteiger charge is -2.17. The van der Waals surface area contributed by atoms with Gasteiger partial charge in [0.2, 0.25) is 0 Å². The van der Waals surface area contributed by atoms with E-state index in [4.69, 9.17) is 5.73 Å². The van der Waals surface area contributed by atoms with Crippen LogP contribution in [0.15, 0.2) is 30.3 Å². The molecule has 0 saturated carbocycles. The van der Waals surface area contributed by atoms with Gasteiger partial charge in [-0.05, 0) is 30.2 Å². The van der Waals surface area contributed by atoms with Crippen LogP contribution in [-0.2, 0) is 6.42 Å². The zero-order valence-electron chi connectivity index (χ0n) is 11.9. The largest absolute Gasteiger partial charge is 0.367 e. The second-order valence-corrected chi connectivity index (χ2v) is 4.96. The molecule has 22 heavy (non-hydrogen) atoms. The minimum absolute atomic E-state index is 0.119. The normalized spacial score (nSPS) is 13.0. The summed E-state index contributed by atoms with van der Waals surface area (Å²) in [6.07, 6.45) is 0.756. The first-order chi connectivity index (χ1) is 10.7. The number of aromatic nitrogens is 2. The molecule has 1 aliphatic heterocycles. The van der Waals surface area contributed by atoms with Gasteiger partial charge in [0.1, 0.15) is 5.82 Å². The number of nitrogens with zero attached hydrogens (tertiary/aromatic N) is 4. The average Bonchev–Trinajstić information content (AvgIpc) is 2.96. The molecule has 8 heteroatoms. The maximum Gasteiger partial charge on any atom is 0.269 e. The molecule has 0 spiro atoms. The average molecular weight is 300 g/mol. The Morgan fingerprint density at radius 2 is 2.18 bits per heavy atom. The molecule has 114 valence electrons. The van der Waals surface area contributed by atoms with Crippen LogP contribution >= 0.6 is 0 Å². The molecule has 3 N–H and O–H groups in total. The van der Waals surface area contributed by atoms with Gasteiger partial charge in [0, 0.05) is 37.5 Å². The summed E-state index contributed by atoms with van der Waals surface area (Å²) in [6, 6.07) is 8.63. The molecule has 2 aromatic rings. The predicted octanol–water partition coefficient (Wildman–Crippen LogP) is 1.45. The lowest BCUT2D eigenvalue weighted by Crippen LogP contribution is -2.17. The van der Waals surface area contributed by atoms with Gasteiger partial charge < -0.3 is 16.0 Å². The van der Waals surface area contributed by atoms with Crippen molar-refractivity contribution in [3.05, 3.63) is 46.0 Å². The van der Waals surface area contributed by atoms with E-state index in [1.807, 2.05) is 17.0 Å². The van der Waals surface area contributed by atoms with Crippen molar-refractivity contribution in [3.63, 3.8) is 0 Å². The van der Waals surface area contributed by atoms with Crippen LogP contribution in [0.5, 0.6) is 0 Å². The van der Waals surface area contributed by atoms with Gasteiger partial charge >= 0.3 is 0 Å². The fourth-order valence-corrected chi connectivity index (χ4v) is 2.50. The Labute approximate surface area is 127 Å². The summed E-state index contributed by atoms with van der Waals surface area (Å²) in [5.41, 5.74) is 7.45. The summed E-state index contributed by atoms with van der Waals surface area (Å²) in [4.78, 5) is 12.5. The van der Waals surface area contributed by atoms with Crippen molar-refractivity contribution in [2.75, 3.05) is 29.9 Å². The lowest BCUT2D eigenvalue weighted by atomic mass is 10.1. The molecule has 0 atom stereocenters. The number of hydrogen-bond donors (Lipinski definition) is 2. The Kier molecular flexibility index (Phi) is 3.84. The Bertz CT molecular complexity index is 688. The fourth-order valence-electron chi connectivity index (χ4n) is 2.50. The number of fused-ring (bicyclic) bond motifs is 1. The summed E-state index contributed by atoms with van der Waals surface area (Å²) >= 11 is 0. The van der Waals surface area contributed by atoms with E-state index in [0.717, 1.165) is 30.0 Å². The first-order valence-corrected chi connectivity index (χ1v) is 7.01. The maximum atomic E-state index is 10.8. The smallest absolute Gasteiger partial charge is 0.269 e. The van der Waals surface area contributed by atoms with Gasteiger partial charge in [-0.25, -0.2) is 0 Å². The van der Waals surface area contributed by atoms with Gasteiger partial charge in [0.25, 0.3) is 5.69 Å². The van der Waals surface area contributed by atoms with Gasteiger partial charge in [-0.2, -0.15) is 0 Å². The van der Waals surface area contributed by atoms with E-state index in [0.29, 0.717) is 18.9 Å². The number of nitrogens with two attached hydrogens (primary N) is 1. The summed E-state index contributed by atoms with van der Waals surface area (Å²) in [7, 11) is 0. The van der Waals surface area contributed by atoms with E-state index in [-0.39, 0.29) is 10.6 Å². The zero-order chi connectivity index (χ0) is 15.5. The highest BCUT2D eigenvalue weighted by Crippen LogP contribution is 2.35. The standard InChI is InChI=1S/C14H16N6O2/c15-6-7-16-13-3-4-14(18-17-13)19-8-5-10-9-11(20(21)22)1-2-12(10)19/h1-4,9H,5-8,15H2,(H,16,17). The number of nitro benzene ring substituents is 1. The fraction of sp³-hybridized carbons (Fsp3) is 0.286. The van der Waals surface area contributed by atoms with Gasteiger partial charge in [-0.1, -0.05) is 0 Å². The number of anilines is 3. The second kappa shape index (κ2) is 5.94. The highest BCUT2D eigenvalue weighted by atomic mass is 16.6. The van der Waals surface area contributed by atoms with Crippen LogP contribution in [0.2, 0.25) is 0 Å². The van der Waals surface area contributed by atoms with Crippen molar-refractivity contribution < 1.29 is 4.92 Å². The Morgan fingerprint density at radius 3 is 2.86 bits per heavy atom. The molecule has 0 amide bonds. The van der Waals surface area contributed by atoms with Crippen molar-refractivity contribution in [3.8, 4) is 0 Å². The number of non-ortho nitro benzene ring substituents is 1. The Morgan fingerprint density at radius 1 is 1.32 bits per heavy atom. The molecule has 0 radical (unpaired) electrons. The Balaban J connectivity index is 1.82. The molecule has 1 aromatic heterocycles. The minimum atomic E-state index is -0.374. The van der Waals surface area contributed by atoms with E-state index < -0.39 is 0 Å². The van der Waals surface area contributed by atoms with Crippen LogP contribution in [0.1, 0.15) is 5.56 Å². The van der Waals surface area contributed by atoms with Crippen LogP contribution in [0.3, 0.4) is 0 Å². The molecule has 1 aromatic carbocycles. The first kappa shape index (κ1) is 14.2. The van der Waals surface area contributed by atoms with Crippen molar-refractivity contribution in [1.29, 1.82) is 0 Å². The van der Waals surface area contributed by atoms with Crippen LogP contribution in [0.25, 0.3) is 0 Å². The Hall–Kier alpha value is -2.74. The number of rotatable bonds is 5. The molecule has 2 heterocycles.